The van der Waals surface area contributed by atoms with E-state index in [4.69, 9.17) is 9.97 Å². The van der Waals surface area contributed by atoms with Crippen LogP contribution in [0.5, 0.6) is 0 Å². The second-order valence-corrected chi connectivity index (χ2v) is 12.7. The summed E-state index contributed by atoms with van der Waals surface area (Å²) < 4.78 is 2.34. The number of fused-ring (bicyclic) bond motifs is 6. The van der Waals surface area contributed by atoms with Crippen molar-refractivity contribution in [2.24, 2.45) is 0 Å². The van der Waals surface area contributed by atoms with Gasteiger partial charge >= 0.3 is 0 Å². The first-order valence-electron chi connectivity index (χ1n) is 15.8. The van der Waals surface area contributed by atoms with E-state index in [-0.39, 0.29) is 5.41 Å². The Bertz CT molecular complexity index is 2380. The number of hydrogen-bond donors (Lipinski definition) is 0. The molecule has 0 radical (unpaired) electrons. The summed E-state index contributed by atoms with van der Waals surface area (Å²) in [6, 6.07) is 54.0. The van der Waals surface area contributed by atoms with Gasteiger partial charge in [0.1, 0.15) is 0 Å². The molecule has 2 aromatic heterocycles. The molecule has 0 unspecified atom stereocenters. The molecule has 46 heavy (non-hydrogen) atoms. The molecule has 3 heteroatoms. The third kappa shape index (κ3) is 4.05. The summed E-state index contributed by atoms with van der Waals surface area (Å²) in [5.74, 6) is 0.716. The van der Waals surface area contributed by atoms with Crippen molar-refractivity contribution in [1.82, 2.24) is 14.5 Å². The molecule has 3 nitrogen and oxygen atoms in total. The van der Waals surface area contributed by atoms with Gasteiger partial charge in [-0.05, 0) is 70.8 Å². The quantitative estimate of drug-likeness (QED) is 0.204. The monoisotopic (exact) mass is 589 g/mol. The van der Waals surface area contributed by atoms with Crippen LogP contribution in [-0.4, -0.2) is 14.5 Å². The van der Waals surface area contributed by atoms with Gasteiger partial charge in [-0.1, -0.05) is 117 Å². The van der Waals surface area contributed by atoms with Gasteiger partial charge in [-0.2, -0.15) is 0 Å². The molecule has 1 aliphatic rings. The average Bonchev–Trinajstić information content (AvgIpc) is 3.57. The van der Waals surface area contributed by atoms with Crippen molar-refractivity contribution in [3.05, 3.63) is 163 Å². The third-order valence-corrected chi connectivity index (χ3v) is 9.64. The largest absolute Gasteiger partial charge is 0.309 e. The standard InChI is InChI=1S/C43H31N3/c1-43(2)36-17-9-6-14-32(36)33-25-22-30(26-37(33)43)39-27-38(28-12-4-3-5-13-28)44-42(45-39)29-20-23-31(24-21-29)46-40-18-10-7-15-34(40)35-16-8-11-19-41(35)46/h3-27H,1-2H3. The zero-order chi connectivity index (χ0) is 30.8. The summed E-state index contributed by atoms with van der Waals surface area (Å²) in [6.45, 7) is 4.64. The number of hydrogen-bond acceptors (Lipinski definition) is 2. The minimum absolute atomic E-state index is 0.0807. The molecule has 0 saturated carbocycles. The molecule has 2 heterocycles. The normalized spacial score (nSPS) is 13.2. The molecular formula is C43H31N3. The highest BCUT2D eigenvalue weighted by atomic mass is 15.0. The Kier molecular flexibility index (Phi) is 5.85. The summed E-state index contributed by atoms with van der Waals surface area (Å²) >= 11 is 0. The van der Waals surface area contributed by atoms with E-state index in [1.165, 1.54) is 44.1 Å². The zero-order valence-corrected chi connectivity index (χ0v) is 25.8. The molecule has 0 saturated heterocycles. The summed E-state index contributed by atoms with van der Waals surface area (Å²) in [5.41, 5.74) is 13.8. The van der Waals surface area contributed by atoms with Gasteiger partial charge in [-0.3, -0.25) is 0 Å². The predicted octanol–water partition coefficient (Wildman–Crippen LogP) is 10.9. The maximum absolute atomic E-state index is 5.20. The van der Waals surface area contributed by atoms with Crippen LogP contribution in [-0.2, 0) is 5.41 Å². The first-order chi connectivity index (χ1) is 22.6. The minimum atomic E-state index is -0.0807. The minimum Gasteiger partial charge on any atom is -0.309 e. The van der Waals surface area contributed by atoms with Crippen molar-refractivity contribution in [2.75, 3.05) is 0 Å². The van der Waals surface area contributed by atoms with Crippen molar-refractivity contribution < 1.29 is 0 Å². The molecule has 0 N–H and O–H groups in total. The van der Waals surface area contributed by atoms with Gasteiger partial charge < -0.3 is 4.57 Å². The van der Waals surface area contributed by atoms with E-state index in [1.807, 2.05) is 6.07 Å². The summed E-state index contributed by atoms with van der Waals surface area (Å²) in [7, 11) is 0. The fourth-order valence-electron chi connectivity index (χ4n) is 7.30. The maximum Gasteiger partial charge on any atom is 0.160 e. The van der Waals surface area contributed by atoms with Crippen LogP contribution in [0.25, 0.3) is 72.5 Å². The van der Waals surface area contributed by atoms with Gasteiger partial charge in [0.2, 0.25) is 0 Å². The van der Waals surface area contributed by atoms with Crippen LogP contribution in [0.3, 0.4) is 0 Å². The Hall–Kier alpha value is -5.80. The van der Waals surface area contributed by atoms with Crippen molar-refractivity contribution >= 4 is 21.8 Å². The van der Waals surface area contributed by atoms with Gasteiger partial charge in [0.25, 0.3) is 0 Å². The number of benzene rings is 6. The van der Waals surface area contributed by atoms with Gasteiger partial charge in [0.15, 0.2) is 5.82 Å². The molecule has 0 bridgehead atoms. The zero-order valence-electron chi connectivity index (χ0n) is 25.8. The summed E-state index contributed by atoms with van der Waals surface area (Å²) in [5, 5.41) is 2.51. The summed E-state index contributed by atoms with van der Waals surface area (Å²) in [4.78, 5) is 10.3. The lowest BCUT2D eigenvalue weighted by Crippen LogP contribution is -2.14. The molecule has 0 amide bonds. The van der Waals surface area contributed by atoms with Crippen LogP contribution < -0.4 is 0 Å². The Morgan fingerprint density at radius 1 is 0.457 bits per heavy atom. The van der Waals surface area contributed by atoms with Gasteiger partial charge in [-0.25, -0.2) is 9.97 Å². The van der Waals surface area contributed by atoms with Crippen LogP contribution in [0, 0.1) is 0 Å². The lowest BCUT2D eigenvalue weighted by Gasteiger charge is -2.22. The maximum atomic E-state index is 5.20. The molecule has 0 atom stereocenters. The SMILES string of the molecule is CC1(C)c2ccccc2-c2ccc(-c3cc(-c4ccccc4)nc(-c4ccc(-n5c6ccccc6c6ccccc65)cc4)n3)cc21. The van der Waals surface area contributed by atoms with Gasteiger partial charge in [-0.15, -0.1) is 0 Å². The van der Waals surface area contributed by atoms with E-state index >= 15 is 0 Å². The topological polar surface area (TPSA) is 30.7 Å². The lowest BCUT2D eigenvalue weighted by molar-refractivity contribution is 0.660. The second kappa shape index (κ2) is 10.1. The first kappa shape index (κ1) is 26.6. The van der Waals surface area contributed by atoms with Crippen molar-refractivity contribution in [2.45, 2.75) is 19.3 Å². The van der Waals surface area contributed by atoms with E-state index in [1.54, 1.807) is 0 Å². The van der Waals surface area contributed by atoms with E-state index in [0.29, 0.717) is 5.82 Å². The molecule has 1 aliphatic carbocycles. The molecule has 0 fully saturated rings. The molecule has 218 valence electrons. The summed E-state index contributed by atoms with van der Waals surface area (Å²) in [6.07, 6.45) is 0. The third-order valence-electron chi connectivity index (χ3n) is 9.64. The molecule has 9 rings (SSSR count). The molecule has 8 aromatic rings. The Morgan fingerprint density at radius 2 is 1.02 bits per heavy atom. The van der Waals surface area contributed by atoms with Crippen molar-refractivity contribution in [3.8, 4) is 50.7 Å². The smallest absolute Gasteiger partial charge is 0.160 e. The van der Waals surface area contributed by atoms with E-state index < -0.39 is 0 Å². The van der Waals surface area contributed by atoms with Crippen molar-refractivity contribution in [3.63, 3.8) is 0 Å². The molecular weight excluding hydrogens is 558 g/mol. The highest BCUT2D eigenvalue weighted by Gasteiger charge is 2.35. The van der Waals surface area contributed by atoms with E-state index in [2.05, 4.69) is 164 Å². The van der Waals surface area contributed by atoms with Crippen LogP contribution in [0.4, 0.5) is 0 Å². The van der Waals surface area contributed by atoms with Crippen LogP contribution in [0.1, 0.15) is 25.0 Å². The molecule has 0 spiro atoms. The average molecular weight is 590 g/mol. The Balaban J connectivity index is 1.17. The fraction of sp³-hybridized carbons (Fsp3) is 0.0698. The highest BCUT2D eigenvalue weighted by Crippen LogP contribution is 2.49. The molecule has 6 aromatic carbocycles. The Morgan fingerprint density at radius 3 is 1.74 bits per heavy atom. The predicted molar refractivity (Wildman–Crippen MR) is 190 cm³/mol. The Labute approximate surface area is 268 Å². The highest BCUT2D eigenvalue weighted by molar-refractivity contribution is 6.09. The van der Waals surface area contributed by atoms with Crippen molar-refractivity contribution in [1.29, 1.82) is 0 Å². The lowest BCUT2D eigenvalue weighted by atomic mass is 9.82. The van der Waals surface area contributed by atoms with Crippen LogP contribution in [0.2, 0.25) is 0 Å². The van der Waals surface area contributed by atoms with E-state index in [9.17, 15) is 0 Å². The number of aromatic nitrogens is 3. The van der Waals surface area contributed by atoms with Gasteiger partial charge in [0, 0.05) is 38.6 Å². The van der Waals surface area contributed by atoms with Gasteiger partial charge in [0.05, 0.1) is 22.4 Å². The van der Waals surface area contributed by atoms with E-state index in [0.717, 1.165) is 33.8 Å². The number of rotatable bonds is 4. The first-order valence-corrected chi connectivity index (χ1v) is 15.8. The van der Waals surface area contributed by atoms with Crippen LogP contribution in [0.15, 0.2) is 152 Å². The van der Waals surface area contributed by atoms with Crippen LogP contribution >= 0.6 is 0 Å². The molecule has 0 aliphatic heterocycles. The second-order valence-electron chi connectivity index (χ2n) is 12.7. The number of nitrogens with zero attached hydrogens (tertiary/aromatic N) is 3. The number of para-hydroxylation sites is 2. The fourth-order valence-corrected chi connectivity index (χ4v) is 7.30.